The first-order valence-electron chi connectivity index (χ1n) is 9.09. The smallest absolute Gasteiger partial charge is 0.332 e. The van der Waals surface area contributed by atoms with Crippen LogP contribution in [0.25, 0.3) is 0 Å². The Kier molecular flexibility index (Phi) is 4.40. The molecule has 4 nitrogen and oxygen atoms in total. The van der Waals surface area contributed by atoms with Gasteiger partial charge in [0, 0.05) is 18.7 Å². The predicted molar refractivity (Wildman–Crippen MR) is 96.7 cm³/mol. The molecule has 28 heavy (non-hydrogen) atoms. The lowest BCUT2D eigenvalue weighted by Crippen LogP contribution is -2.55. The summed E-state index contributed by atoms with van der Waals surface area (Å²) < 4.78 is 38.9. The van der Waals surface area contributed by atoms with Crippen LogP contribution in [0.1, 0.15) is 38.7 Å². The molecule has 2 amide bonds. The number of benzene rings is 2. The number of hydrogen-bond donors (Lipinski definition) is 0. The quantitative estimate of drug-likeness (QED) is 0.749. The van der Waals surface area contributed by atoms with Crippen molar-refractivity contribution in [3.05, 3.63) is 70.3 Å². The van der Waals surface area contributed by atoms with Gasteiger partial charge in [-0.1, -0.05) is 29.8 Å². The number of carbonyl (C=O) groups excluding carboxylic acids is 2. The lowest BCUT2D eigenvalue weighted by molar-refractivity contribution is -0.139. The minimum Gasteiger partial charge on any atom is -0.332 e. The van der Waals surface area contributed by atoms with Crippen LogP contribution < -0.4 is 0 Å². The molecule has 146 valence electrons. The van der Waals surface area contributed by atoms with Crippen molar-refractivity contribution in [1.29, 1.82) is 0 Å². The highest BCUT2D eigenvalue weighted by Gasteiger charge is 2.39. The number of hydrogen-bond acceptors (Lipinski definition) is 2. The van der Waals surface area contributed by atoms with E-state index in [4.69, 9.17) is 0 Å². The zero-order chi connectivity index (χ0) is 20.1. The Morgan fingerprint density at radius 3 is 2.68 bits per heavy atom. The molecule has 2 aliphatic rings. The van der Waals surface area contributed by atoms with Gasteiger partial charge in [-0.3, -0.25) is 9.59 Å². The van der Waals surface area contributed by atoms with Gasteiger partial charge in [0.15, 0.2) is 0 Å². The van der Waals surface area contributed by atoms with Crippen molar-refractivity contribution in [2.24, 2.45) is 0 Å². The number of aryl methyl sites for hydroxylation is 1. The van der Waals surface area contributed by atoms with E-state index in [1.54, 1.807) is 4.90 Å². The molecule has 0 bridgehead atoms. The SMILES string of the molecule is Cc1ccc2c(c1)CCN1C(=O)CN(C(=O)c3cccc(C(F)(F)F)c3)CC21. The average molecular weight is 388 g/mol. The van der Waals surface area contributed by atoms with E-state index >= 15 is 0 Å². The summed E-state index contributed by atoms with van der Waals surface area (Å²) in [7, 11) is 0. The number of rotatable bonds is 1. The van der Waals surface area contributed by atoms with Crippen LogP contribution in [0.3, 0.4) is 0 Å². The molecule has 2 aliphatic heterocycles. The monoisotopic (exact) mass is 388 g/mol. The highest BCUT2D eigenvalue weighted by atomic mass is 19.4. The highest BCUT2D eigenvalue weighted by molar-refractivity contribution is 5.97. The molecule has 1 unspecified atom stereocenters. The first-order valence-corrected chi connectivity index (χ1v) is 9.09. The minimum absolute atomic E-state index is 0.0592. The number of amides is 2. The summed E-state index contributed by atoms with van der Waals surface area (Å²) in [5.74, 6) is -0.735. The molecular formula is C21H19F3N2O2. The summed E-state index contributed by atoms with van der Waals surface area (Å²) in [6.07, 6.45) is -3.76. The maximum absolute atomic E-state index is 13.0. The second-order valence-electron chi connectivity index (χ2n) is 7.32. The van der Waals surface area contributed by atoms with Crippen molar-refractivity contribution in [2.75, 3.05) is 19.6 Å². The summed E-state index contributed by atoms with van der Waals surface area (Å²) in [4.78, 5) is 28.6. The molecule has 2 aromatic rings. The molecular weight excluding hydrogens is 369 g/mol. The fourth-order valence-electron chi connectivity index (χ4n) is 4.03. The average Bonchev–Trinajstić information content (AvgIpc) is 2.66. The Morgan fingerprint density at radius 2 is 1.93 bits per heavy atom. The van der Waals surface area contributed by atoms with Gasteiger partial charge in [-0.25, -0.2) is 0 Å². The molecule has 7 heteroatoms. The van der Waals surface area contributed by atoms with Crippen LogP contribution in [0.2, 0.25) is 0 Å². The fraction of sp³-hybridized carbons (Fsp3) is 0.333. The molecule has 2 aromatic carbocycles. The van der Waals surface area contributed by atoms with E-state index in [1.807, 2.05) is 19.1 Å². The van der Waals surface area contributed by atoms with Crippen LogP contribution in [-0.4, -0.2) is 41.2 Å². The van der Waals surface area contributed by atoms with Crippen LogP contribution in [0.4, 0.5) is 13.2 Å². The molecule has 1 saturated heterocycles. The van der Waals surface area contributed by atoms with Gasteiger partial charge in [-0.15, -0.1) is 0 Å². The van der Waals surface area contributed by atoms with Crippen LogP contribution in [0.5, 0.6) is 0 Å². The molecule has 2 heterocycles. The number of alkyl halides is 3. The van der Waals surface area contributed by atoms with Gasteiger partial charge in [0.1, 0.15) is 6.54 Å². The van der Waals surface area contributed by atoms with Gasteiger partial charge in [-0.05, 0) is 42.7 Å². The summed E-state index contributed by atoms with van der Waals surface area (Å²) in [5, 5.41) is 0. The third-order valence-electron chi connectivity index (χ3n) is 5.42. The van der Waals surface area contributed by atoms with Crippen LogP contribution in [0, 0.1) is 6.92 Å². The third kappa shape index (κ3) is 3.25. The topological polar surface area (TPSA) is 40.6 Å². The molecule has 1 atom stereocenters. The van der Waals surface area contributed by atoms with E-state index in [-0.39, 0.29) is 30.6 Å². The van der Waals surface area contributed by atoms with Crippen LogP contribution in [0.15, 0.2) is 42.5 Å². The highest BCUT2D eigenvalue weighted by Crippen LogP contribution is 2.34. The molecule has 0 radical (unpaired) electrons. The minimum atomic E-state index is -4.52. The molecule has 0 spiro atoms. The predicted octanol–water partition coefficient (Wildman–Crippen LogP) is 3.60. The summed E-state index contributed by atoms with van der Waals surface area (Å²) in [6.45, 7) is 2.75. The standard InChI is InChI=1S/C21H19F3N2O2/c1-13-5-6-17-14(9-13)7-8-26-18(17)11-25(12-19(26)27)20(28)15-3-2-4-16(10-15)21(22,23)24/h2-6,9-10,18H,7-8,11-12H2,1H3. The van der Waals surface area contributed by atoms with Crippen molar-refractivity contribution < 1.29 is 22.8 Å². The van der Waals surface area contributed by atoms with E-state index in [2.05, 4.69) is 6.07 Å². The summed E-state index contributed by atoms with van der Waals surface area (Å²) >= 11 is 0. The van der Waals surface area contributed by atoms with E-state index in [1.165, 1.54) is 17.0 Å². The largest absolute Gasteiger partial charge is 0.416 e. The van der Waals surface area contributed by atoms with Gasteiger partial charge < -0.3 is 9.80 Å². The van der Waals surface area contributed by atoms with Gasteiger partial charge in [0.05, 0.1) is 11.6 Å². The zero-order valence-corrected chi connectivity index (χ0v) is 15.3. The maximum atomic E-state index is 13.0. The van der Waals surface area contributed by atoms with E-state index in [9.17, 15) is 22.8 Å². The Labute approximate surface area is 160 Å². The Hall–Kier alpha value is -2.83. The normalized spacial score (nSPS) is 19.3. The Balaban J connectivity index is 1.63. The number of halogens is 3. The molecule has 4 rings (SSSR count). The molecule has 0 aliphatic carbocycles. The molecule has 0 N–H and O–H groups in total. The Morgan fingerprint density at radius 1 is 1.14 bits per heavy atom. The summed E-state index contributed by atoms with van der Waals surface area (Å²) in [5.41, 5.74) is 2.36. The van der Waals surface area contributed by atoms with E-state index in [0.717, 1.165) is 35.2 Å². The lowest BCUT2D eigenvalue weighted by Gasteiger charge is -2.44. The van der Waals surface area contributed by atoms with Gasteiger partial charge in [0.25, 0.3) is 5.91 Å². The third-order valence-corrected chi connectivity index (χ3v) is 5.42. The second-order valence-corrected chi connectivity index (χ2v) is 7.32. The first-order chi connectivity index (χ1) is 13.2. The van der Waals surface area contributed by atoms with Crippen molar-refractivity contribution >= 4 is 11.8 Å². The van der Waals surface area contributed by atoms with Crippen molar-refractivity contribution in [3.8, 4) is 0 Å². The van der Waals surface area contributed by atoms with Gasteiger partial charge in [-0.2, -0.15) is 13.2 Å². The van der Waals surface area contributed by atoms with E-state index < -0.39 is 17.6 Å². The van der Waals surface area contributed by atoms with E-state index in [0.29, 0.717) is 6.54 Å². The zero-order valence-electron chi connectivity index (χ0n) is 15.3. The van der Waals surface area contributed by atoms with Gasteiger partial charge in [0.2, 0.25) is 5.91 Å². The number of fused-ring (bicyclic) bond motifs is 3. The lowest BCUT2D eigenvalue weighted by atomic mass is 9.89. The van der Waals surface area contributed by atoms with Crippen molar-refractivity contribution in [2.45, 2.75) is 25.6 Å². The number of carbonyl (C=O) groups is 2. The number of piperazine rings is 1. The fourth-order valence-corrected chi connectivity index (χ4v) is 4.03. The van der Waals surface area contributed by atoms with Crippen LogP contribution >= 0.6 is 0 Å². The maximum Gasteiger partial charge on any atom is 0.416 e. The van der Waals surface area contributed by atoms with Crippen LogP contribution in [-0.2, 0) is 17.4 Å². The molecule has 0 aromatic heterocycles. The molecule has 1 fully saturated rings. The number of nitrogens with zero attached hydrogens (tertiary/aromatic N) is 2. The van der Waals surface area contributed by atoms with Crippen molar-refractivity contribution in [1.82, 2.24) is 9.80 Å². The molecule has 0 saturated carbocycles. The first kappa shape index (κ1) is 18.5. The second kappa shape index (κ2) is 6.65. The van der Waals surface area contributed by atoms with Gasteiger partial charge >= 0.3 is 6.18 Å². The van der Waals surface area contributed by atoms with Crippen molar-refractivity contribution in [3.63, 3.8) is 0 Å². The Bertz CT molecular complexity index is 955. The summed E-state index contributed by atoms with van der Waals surface area (Å²) in [6, 6.07) is 10.1.